The smallest absolute Gasteiger partial charge is 0.341 e. The fourth-order valence-electron chi connectivity index (χ4n) is 2.89. The molecule has 0 radical (unpaired) electrons. The van der Waals surface area contributed by atoms with E-state index in [0.717, 1.165) is 47.9 Å². The molecule has 2 aromatic heterocycles. The number of carbonyl (C=O) groups is 2. The highest BCUT2D eigenvalue weighted by molar-refractivity contribution is 7.99. The molecule has 0 aliphatic heterocycles. The maximum Gasteiger partial charge on any atom is 0.341 e. The SMILES string of the molecule is COC(=O)c1c(NC(=O)CSc2nc(C)cc(=O)[nH]2)sc2c1CCCC2. The Labute approximate surface area is 158 Å². The summed E-state index contributed by atoms with van der Waals surface area (Å²) < 4.78 is 4.90. The molecule has 3 rings (SSSR count). The van der Waals surface area contributed by atoms with E-state index in [2.05, 4.69) is 15.3 Å². The third kappa shape index (κ3) is 4.16. The molecule has 26 heavy (non-hydrogen) atoms. The Morgan fingerprint density at radius 2 is 2.15 bits per heavy atom. The van der Waals surface area contributed by atoms with Crippen LogP contribution in [0.1, 0.15) is 39.3 Å². The number of aryl methyl sites for hydroxylation is 2. The second-order valence-electron chi connectivity index (χ2n) is 5.94. The number of hydrogen-bond acceptors (Lipinski definition) is 7. The molecular formula is C17H19N3O4S2. The molecule has 0 saturated carbocycles. The number of thiophene rings is 1. The molecule has 0 atom stereocenters. The molecular weight excluding hydrogens is 374 g/mol. The van der Waals surface area contributed by atoms with E-state index in [-0.39, 0.29) is 17.2 Å². The number of hydrogen-bond donors (Lipinski definition) is 2. The quantitative estimate of drug-likeness (QED) is 0.460. The molecule has 0 unspecified atom stereocenters. The fourth-order valence-corrected chi connectivity index (χ4v) is 4.90. The van der Waals surface area contributed by atoms with Crippen LogP contribution in [0.15, 0.2) is 16.0 Å². The highest BCUT2D eigenvalue weighted by Gasteiger charge is 2.26. The van der Waals surface area contributed by atoms with Crippen LogP contribution in [-0.2, 0) is 22.4 Å². The summed E-state index contributed by atoms with van der Waals surface area (Å²) >= 11 is 2.59. The maximum absolute atomic E-state index is 12.3. The predicted molar refractivity (Wildman–Crippen MR) is 101 cm³/mol. The number of carbonyl (C=O) groups excluding carboxylic acids is 2. The zero-order valence-corrected chi connectivity index (χ0v) is 16.1. The third-order valence-electron chi connectivity index (χ3n) is 4.00. The van der Waals surface area contributed by atoms with Gasteiger partial charge in [0.05, 0.1) is 18.4 Å². The summed E-state index contributed by atoms with van der Waals surface area (Å²) in [7, 11) is 1.34. The highest BCUT2D eigenvalue weighted by Crippen LogP contribution is 2.38. The van der Waals surface area contributed by atoms with Gasteiger partial charge in [-0.05, 0) is 38.2 Å². The number of rotatable bonds is 5. The number of aromatic amines is 1. The Bertz CT molecular complexity index is 904. The summed E-state index contributed by atoms with van der Waals surface area (Å²) in [6, 6.07) is 1.39. The van der Waals surface area contributed by atoms with Crippen molar-refractivity contribution in [2.24, 2.45) is 0 Å². The van der Waals surface area contributed by atoms with Gasteiger partial charge >= 0.3 is 5.97 Å². The van der Waals surface area contributed by atoms with Gasteiger partial charge in [-0.25, -0.2) is 9.78 Å². The summed E-state index contributed by atoms with van der Waals surface area (Å²) in [4.78, 5) is 43.9. The van der Waals surface area contributed by atoms with Gasteiger partial charge in [0.2, 0.25) is 5.91 Å². The van der Waals surface area contributed by atoms with E-state index in [0.29, 0.717) is 21.4 Å². The van der Waals surface area contributed by atoms with Crippen molar-refractivity contribution in [2.75, 3.05) is 18.2 Å². The zero-order chi connectivity index (χ0) is 18.7. The number of methoxy groups -OCH3 is 1. The lowest BCUT2D eigenvalue weighted by Gasteiger charge is -2.11. The number of aromatic nitrogens is 2. The number of nitrogens with zero attached hydrogens (tertiary/aromatic N) is 1. The van der Waals surface area contributed by atoms with Crippen molar-refractivity contribution < 1.29 is 14.3 Å². The normalized spacial score (nSPS) is 13.2. The molecule has 0 fully saturated rings. The number of ether oxygens (including phenoxy) is 1. The van der Waals surface area contributed by atoms with Crippen molar-refractivity contribution in [2.45, 2.75) is 37.8 Å². The van der Waals surface area contributed by atoms with Crippen molar-refractivity contribution >= 4 is 40.0 Å². The van der Waals surface area contributed by atoms with Crippen LogP contribution in [0.5, 0.6) is 0 Å². The fraction of sp³-hybridized carbons (Fsp3) is 0.412. The van der Waals surface area contributed by atoms with Gasteiger partial charge in [-0.3, -0.25) is 9.59 Å². The van der Waals surface area contributed by atoms with E-state index in [1.807, 2.05) is 0 Å². The number of thioether (sulfide) groups is 1. The molecule has 0 saturated heterocycles. The molecule has 138 valence electrons. The topological polar surface area (TPSA) is 101 Å². The number of H-pyrrole nitrogens is 1. The molecule has 2 N–H and O–H groups in total. The maximum atomic E-state index is 12.3. The number of anilines is 1. The van der Waals surface area contributed by atoms with Gasteiger partial charge in [-0.2, -0.15) is 0 Å². The second-order valence-corrected chi connectivity index (χ2v) is 8.00. The standard InChI is InChI=1S/C17H19N3O4S2/c1-9-7-12(21)20-17(18-9)25-8-13(22)19-15-14(16(23)24-2)10-5-3-4-6-11(10)26-15/h7H,3-6,8H2,1-2H3,(H,19,22)(H,18,20,21). The van der Waals surface area contributed by atoms with Crippen LogP contribution in [0.4, 0.5) is 5.00 Å². The average molecular weight is 393 g/mol. The Kier molecular flexibility index (Phi) is 5.77. The number of nitrogens with one attached hydrogen (secondary N) is 2. The molecule has 0 aromatic carbocycles. The Balaban J connectivity index is 1.73. The lowest BCUT2D eigenvalue weighted by atomic mass is 9.95. The minimum absolute atomic E-state index is 0.0789. The lowest BCUT2D eigenvalue weighted by molar-refractivity contribution is -0.113. The van der Waals surface area contributed by atoms with E-state index in [1.165, 1.54) is 24.5 Å². The summed E-state index contributed by atoms with van der Waals surface area (Å²) in [5.74, 6) is -0.602. The minimum atomic E-state index is -0.419. The van der Waals surface area contributed by atoms with Gasteiger partial charge < -0.3 is 15.0 Å². The monoisotopic (exact) mass is 393 g/mol. The largest absolute Gasteiger partial charge is 0.465 e. The van der Waals surface area contributed by atoms with Gasteiger partial charge in [0.1, 0.15) is 5.00 Å². The van der Waals surface area contributed by atoms with Crippen molar-refractivity contribution in [3.63, 3.8) is 0 Å². The molecule has 1 amide bonds. The predicted octanol–water partition coefficient (Wildman–Crippen LogP) is 2.54. The molecule has 2 aromatic rings. The molecule has 2 heterocycles. The summed E-state index contributed by atoms with van der Waals surface area (Å²) in [5, 5.41) is 3.75. The molecule has 9 heteroatoms. The van der Waals surface area contributed by atoms with E-state index in [4.69, 9.17) is 4.74 Å². The number of amides is 1. The molecule has 1 aliphatic rings. The zero-order valence-electron chi connectivity index (χ0n) is 14.5. The minimum Gasteiger partial charge on any atom is -0.465 e. The molecule has 1 aliphatic carbocycles. The van der Waals surface area contributed by atoms with Crippen LogP contribution >= 0.6 is 23.1 Å². The summed E-state index contributed by atoms with van der Waals surface area (Å²) in [5.41, 5.74) is 1.82. The molecule has 0 bridgehead atoms. The second kappa shape index (κ2) is 8.05. The van der Waals surface area contributed by atoms with Crippen molar-refractivity contribution in [3.05, 3.63) is 38.1 Å². The van der Waals surface area contributed by atoms with Gasteiger partial charge in [0.25, 0.3) is 5.56 Å². The third-order valence-corrected chi connectivity index (χ3v) is 6.08. The first-order valence-electron chi connectivity index (χ1n) is 8.21. The first-order valence-corrected chi connectivity index (χ1v) is 10.0. The van der Waals surface area contributed by atoms with Gasteiger partial charge in [-0.1, -0.05) is 11.8 Å². The van der Waals surface area contributed by atoms with Crippen molar-refractivity contribution in [1.29, 1.82) is 0 Å². The molecule has 0 spiro atoms. The number of fused-ring (bicyclic) bond motifs is 1. The van der Waals surface area contributed by atoms with Gasteiger partial charge in [0.15, 0.2) is 5.16 Å². The van der Waals surface area contributed by atoms with E-state index >= 15 is 0 Å². The Morgan fingerprint density at radius 1 is 1.38 bits per heavy atom. The van der Waals surface area contributed by atoms with Crippen molar-refractivity contribution in [1.82, 2.24) is 9.97 Å². The van der Waals surface area contributed by atoms with Gasteiger partial charge in [0, 0.05) is 16.6 Å². The van der Waals surface area contributed by atoms with Crippen LogP contribution in [-0.4, -0.2) is 34.7 Å². The lowest BCUT2D eigenvalue weighted by Crippen LogP contribution is -2.17. The summed E-state index contributed by atoms with van der Waals surface area (Å²) in [6.45, 7) is 1.72. The van der Waals surface area contributed by atoms with Crippen LogP contribution in [0.3, 0.4) is 0 Å². The van der Waals surface area contributed by atoms with Gasteiger partial charge in [-0.15, -0.1) is 11.3 Å². The Hall–Kier alpha value is -2.13. The van der Waals surface area contributed by atoms with E-state index in [1.54, 1.807) is 6.92 Å². The van der Waals surface area contributed by atoms with Crippen LogP contribution < -0.4 is 10.9 Å². The summed E-state index contributed by atoms with van der Waals surface area (Å²) in [6.07, 6.45) is 3.87. The first-order chi connectivity index (χ1) is 12.5. The average Bonchev–Trinajstić information content (AvgIpc) is 2.96. The van der Waals surface area contributed by atoms with Crippen LogP contribution in [0, 0.1) is 6.92 Å². The first kappa shape index (κ1) is 18.7. The van der Waals surface area contributed by atoms with Crippen molar-refractivity contribution in [3.8, 4) is 0 Å². The van der Waals surface area contributed by atoms with E-state index in [9.17, 15) is 14.4 Å². The highest BCUT2D eigenvalue weighted by atomic mass is 32.2. The Morgan fingerprint density at radius 3 is 2.88 bits per heavy atom. The van der Waals surface area contributed by atoms with Crippen LogP contribution in [0.2, 0.25) is 0 Å². The van der Waals surface area contributed by atoms with Crippen LogP contribution in [0.25, 0.3) is 0 Å². The molecule has 7 nitrogen and oxygen atoms in total. The number of esters is 1. The van der Waals surface area contributed by atoms with E-state index < -0.39 is 5.97 Å².